The standard InChI is InChI=1S/C25H27N3O5/c1-3-32-22(29)15-28(20-10-11-20)24(30)16(2)14-17-4-6-19(7-5-17)25(31)33-21-12-8-18(9-13-21)23(26)27/h4-9,12-14,20H,3,10-11,15H2,1-2H3,(H3,26,27). The third-order valence-electron chi connectivity index (χ3n) is 5.10. The number of nitrogen functional groups attached to an aromatic ring is 1. The molecule has 1 saturated carbocycles. The summed E-state index contributed by atoms with van der Waals surface area (Å²) in [4.78, 5) is 38.7. The van der Waals surface area contributed by atoms with E-state index in [4.69, 9.17) is 20.6 Å². The van der Waals surface area contributed by atoms with Gasteiger partial charge in [0.2, 0.25) is 5.91 Å². The molecule has 0 heterocycles. The molecule has 0 spiro atoms. The van der Waals surface area contributed by atoms with Crippen LogP contribution in [0.1, 0.15) is 48.2 Å². The van der Waals surface area contributed by atoms with Crippen LogP contribution in [0.2, 0.25) is 0 Å². The fourth-order valence-corrected chi connectivity index (χ4v) is 3.22. The summed E-state index contributed by atoms with van der Waals surface area (Å²) in [7, 11) is 0. The lowest BCUT2D eigenvalue weighted by Crippen LogP contribution is -2.38. The maximum atomic E-state index is 12.9. The lowest BCUT2D eigenvalue weighted by atomic mass is 10.1. The summed E-state index contributed by atoms with van der Waals surface area (Å²) in [5.41, 5.74) is 7.55. The Morgan fingerprint density at radius 3 is 2.21 bits per heavy atom. The molecule has 0 atom stereocenters. The lowest BCUT2D eigenvalue weighted by molar-refractivity contribution is -0.148. The van der Waals surface area contributed by atoms with E-state index in [1.54, 1.807) is 73.4 Å². The van der Waals surface area contributed by atoms with Gasteiger partial charge in [-0.2, -0.15) is 0 Å². The molecule has 8 nitrogen and oxygen atoms in total. The predicted molar refractivity (Wildman–Crippen MR) is 124 cm³/mol. The van der Waals surface area contributed by atoms with Crippen LogP contribution in [0.5, 0.6) is 5.75 Å². The van der Waals surface area contributed by atoms with Crippen molar-refractivity contribution >= 4 is 29.8 Å². The average molecular weight is 450 g/mol. The molecule has 1 aliphatic rings. The van der Waals surface area contributed by atoms with Crippen LogP contribution in [0.3, 0.4) is 0 Å². The minimum absolute atomic E-state index is 0.0549. The van der Waals surface area contributed by atoms with Gasteiger partial charge < -0.3 is 20.1 Å². The van der Waals surface area contributed by atoms with Crippen molar-refractivity contribution in [1.82, 2.24) is 4.90 Å². The zero-order valence-corrected chi connectivity index (χ0v) is 18.7. The molecule has 1 fully saturated rings. The Bertz CT molecular complexity index is 1070. The van der Waals surface area contributed by atoms with Crippen molar-refractivity contribution in [2.24, 2.45) is 5.73 Å². The molecule has 0 aromatic heterocycles. The van der Waals surface area contributed by atoms with Crippen molar-refractivity contribution in [3.63, 3.8) is 0 Å². The monoisotopic (exact) mass is 449 g/mol. The highest BCUT2D eigenvalue weighted by molar-refractivity contribution is 5.99. The van der Waals surface area contributed by atoms with Gasteiger partial charge in [0.05, 0.1) is 12.2 Å². The largest absolute Gasteiger partial charge is 0.465 e. The molecule has 3 N–H and O–H groups in total. The third kappa shape index (κ3) is 6.52. The van der Waals surface area contributed by atoms with E-state index in [1.165, 1.54) is 0 Å². The molecule has 2 aromatic carbocycles. The summed E-state index contributed by atoms with van der Waals surface area (Å²) in [5, 5.41) is 7.39. The van der Waals surface area contributed by atoms with Crippen molar-refractivity contribution < 1.29 is 23.9 Å². The topological polar surface area (TPSA) is 123 Å². The summed E-state index contributed by atoms with van der Waals surface area (Å²) in [6.45, 7) is 3.66. The fourth-order valence-electron chi connectivity index (χ4n) is 3.22. The summed E-state index contributed by atoms with van der Waals surface area (Å²) in [5.74, 6) is -0.862. The molecule has 0 saturated heterocycles. The third-order valence-corrected chi connectivity index (χ3v) is 5.10. The lowest BCUT2D eigenvalue weighted by Gasteiger charge is -2.21. The average Bonchev–Trinajstić information content (AvgIpc) is 3.63. The fraction of sp³-hybridized carbons (Fsp3) is 0.280. The number of carbonyl (C=O) groups excluding carboxylic acids is 3. The van der Waals surface area contributed by atoms with Gasteiger partial charge in [0, 0.05) is 17.2 Å². The summed E-state index contributed by atoms with van der Waals surface area (Å²) < 4.78 is 10.3. The van der Waals surface area contributed by atoms with Crippen LogP contribution in [-0.2, 0) is 14.3 Å². The van der Waals surface area contributed by atoms with Gasteiger partial charge in [-0.3, -0.25) is 15.0 Å². The zero-order valence-electron chi connectivity index (χ0n) is 18.7. The molecule has 2 aromatic rings. The van der Waals surface area contributed by atoms with Crippen LogP contribution in [0.25, 0.3) is 6.08 Å². The van der Waals surface area contributed by atoms with Crippen LogP contribution in [0, 0.1) is 5.41 Å². The molecule has 1 aliphatic carbocycles. The smallest absolute Gasteiger partial charge is 0.343 e. The van der Waals surface area contributed by atoms with E-state index in [9.17, 15) is 14.4 Å². The first-order chi connectivity index (χ1) is 15.8. The predicted octanol–water partition coefficient (Wildman–Crippen LogP) is 3.15. The van der Waals surface area contributed by atoms with E-state index in [2.05, 4.69) is 0 Å². The van der Waals surface area contributed by atoms with Gasteiger partial charge in [0.15, 0.2) is 0 Å². The summed E-state index contributed by atoms with van der Waals surface area (Å²) >= 11 is 0. The van der Waals surface area contributed by atoms with Gasteiger partial charge in [-0.1, -0.05) is 12.1 Å². The number of nitrogens with one attached hydrogen (secondary N) is 1. The van der Waals surface area contributed by atoms with Crippen LogP contribution >= 0.6 is 0 Å². The van der Waals surface area contributed by atoms with Gasteiger partial charge in [-0.25, -0.2) is 4.79 Å². The summed E-state index contributed by atoms with van der Waals surface area (Å²) in [6, 6.07) is 13.1. The van der Waals surface area contributed by atoms with Gasteiger partial charge >= 0.3 is 11.9 Å². The molecule has 33 heavy (non-hydrogen) atoms. The second kappa shape index (κ2) is 10.6. The van der Waals surface area contributed by atoms with E-state index < -0.39 is 11.9 Å². The molecule has 172 valence electrons. The van der Waals surface area contributed by atoms with Crippen molar-refractivity contribution in [1.29, 1.82) is 5.41 Å². The Labute approximate surface area is 192 Å². The second-order valence-corrected chi connectivity index (χ2v) is 7.75. The van der Waals surface area contributed by atoms with Crippen LogP contribution in [0.15, 0.2) is 54.1 Å². The Balaban J connectivity index is 1.64. The molecule has 0 unspecified atom stereocenters. The van der Waals surface area contributed by atoms with Crippen molar-refractivity contribution in [3.8, 4) is 5.75 Å². The molecule has 8 heteroatoms. The minimum atomic E-state index is -0.525. The normalized spacial score (nSPS) is 13.2. The SMILES string of the molecule is CCOC(=O)CN(C(=O)C(C)=Cc1ccc(C(=O)Oc2ccc(C(=N)N)cc2)cc1)C1CC1. The van der Waals surface area contributed by atoms with E-state index in [0.717, 1.165) is 18.4 Å². The van der Waals surface area contributed by atoms with E-state index in [0.29, 0.717) is 22.4 Å². The quantitative estimate of drug-likeness (QED) is 0.199. The van der Waals surface area contributed by atoms with Gasteiger partial charge in [0.1, 0.15) is 18.1 Å². The summed E-state index contributed by atoms with van der Waals surface area (Å²) in [6.07, 6.45) is 3.48. The minimum Gasteiger partial charge on any atom is -0.465 e. The number of hydrogen-bond acceptors (Lipinski definition) is 6. The van der Waals surface area contributed by atoms with Crippen molar-refractivity contribution in [2.45, 2.75) is 32.7 Å². The van der Waals surface area contributed by atoms with Gasteiger partial charge in [-0.05, 0) is 74.7 Å². The molecular formula is C25H27N3O5. The number of esters is 2. The van der Waals surface area contributed by atoms with Crippen molar-refractivity contribution in [2.75, 3.05) is 13.2 Å². The van der Waals surface area contributed by atoms with Crippen LogP contribution in [-0.4, -0.2) is 47.8 Å². The van der Waals surface area contributed by atoms with Crippen LogP contribution in [0.4, 0.5) is 0 Å². The number of amidine groups is 1. The molecule has 1 amide bonds. The Kier molecular flexibility index (Phi) is 7.61. The zero-order chi connectivity index (χ0) is 24.0. The number of nitrogens with two attached hydrogens (primary N) is 1. The van der Waals surface area contributed by atoms with E-state index in [1.807, 2.05) is 0 Å². The van der Waals surface area contributed by atoms with Crippen molar-refractivity contribution in [3.05, 3.63) is 70.8 Å². The number of ether oxygens (including phenoxy) is 2. The first-order valence-electron chi connectivity index (χ1n) is 10.7. The first-order valence-corrected chi connectivity index (χ1v) is 10.7. The highest BCUT2D eigenvalue weighted by atomic mass is 16.5. The van der Waals surface area contributed by atoms with Crippen LogP contribution < -0.4 is 10.5 Å². The number of rotatable bonds is 9. The van der Waals surface area contributed by atoms with E-state index in [-0.39, 0.29) is 30.9 Å². The second-order valence-electron chi connectivity index (χ2n) is 7.75. The maximum Gasteiger partial charge on any atom is 0.343 e. The first kappa shape index (κ1) is 23.7. The van der Waals surface area contributed by atoms with Gasteiger partial charge in [0.25, 0.3) is 0 Å². The number of hydrogen-bond donors (Lipinski definition) is 2. The number of amides is 1. The number of benzene rings is 2. The maximum absolute atomic E-state index is 12.9. The Morgan fingerprint density at radius 1 is 1.06 bits per heavy atom. The Morgan fingerprint density at radius 2 is 1.67 bits per heavy atom. The van der Waals surface area contributed by atoms with Gasteiger partial charge in [-0.15, -0.1) is 0 Å². The number of nitrogens with zero attached hydrogens (tertiary/aromatic N) is 1. The molecule has 0 radical (unpaired) electrons. The molecule has 3 rings (SSSR count). The molecular weight excluding hydrogens is 422 g/mol. The highest BCUT2D eigenvalue weighted by Gasteiger charge is 2.34. The Hall–Kier alpha value is -3.94. The highest BCUT2D eigenvalue weighted by Crippen LogP contribution is 2.28. The number of carbonyl (C=O) groups is 3. The molecule has 0 aliphatic heterocycles. The molecule has 0 bridgehead atoms. The van der Waals surface area contributed by atoms with E-state index >= 15 is 0 Å².